The van der Waals surface area contributed by atoms with Gasteiger partial charge in [-0.05, 0) is 12.5 Å². The van der Waals surface area contributed by atoms with Crippen LogP contribution in [0.1, 0.15) is 0 Å². The molecule has 0 aliphatic carbocycles. The third-order valence-corrected chi connectivity index (χ3v) is 2.76. The van der Waals surface area contributed by atoms with Gasteiger partial charge < -0.3 is 10.8 Å². The molecule has 0 radical (unpaired) electrons. The normalized spacial score (nSPS) is 12.2. The fourth-order valence-electron chi connectivity index (χ4n) is 0.582. The zero-order chi connectivity index (χ0) is 9.72. The minimum absolute atomic E-state index is 0.00463. The van der Waals surface area contributed by atoms with Gasteiger partial charge in [-0.3, -0.25) is 4.79 Å². The number of primary amides is 1. The Bertz CT molecular complexity index is 213. The number of nitrogens with two attached hydrogens (primary N) is 1. The van der Waals surface area contributed by atoms with Crippen molar-refractivity contribution in [3.05, 3.63) is 9.81 Å². The molecule has 0 bridgehead atoms. The first-order chi connectivity index (χ1) is 5.54. The molecule has 0 spiro atoms. The Morgan fingerprint density at radius 3 is 1.67 bits per heavy atom. The van der Waals surface area contributed by atoms with Gasteiger partial charge in [-0.1, -0.05) is 0 Å². The molecule has 12 heavy (non-hydrogen) atoms. The number of carbonyl (C=O) groups excluding carboxylic acids is 1. The molecular formula is C6H9NO3S2. The summed E-state index contributed by atoms with van der Waals surface area (Å²) >= 11 is 2.04. The summed E-state index contributed by atoms with van der Waals surface area (Å²) in [4.78, 5) is 21.3. The average molecular weight is 207 g/mol. The maximum absolute atomic E-state index is 10.7. The van der Waals surface area contributed by atoms with Gasteiger partial charge in [0.05, 0.1) is 4.91 Å². The van der Waals surface area contributed by atoms with Gasteiger partial charge >= 0.3 is 5.97 Å². The first-order valence-corrected chi connectivity index (χ1v) is 5.34. The second-order valence-corrected chi connectivity index (χ2v) is 3.37. The smallest absolute Gasteiger partial charge is 0.343 e. The highest BCUT2D eigenvalue weighted by Gasteiger charge is 2.16. The first-order valence-electron chi connectivity index (χ1n) is 2.90. The summed E-state index contributed by atoms with van der Waals surface area (Å²) in [6.45, 7) is 0. The number of hydrogen-bond acceptors (Lipinski definition) is 4. The van der Waals surface area contributed by atoms with E-state index in [0.717, 1.165) is 23.5 Å². The maximum atomic E-state index is 10.7. The quantitative estimate of drug-likeness (QED) is 0.656. The van der Waals surface area contributed by atoms with Gasteiger partial charge in [0, 0.05) is 0 Å². The fourth-order valence-corrected chi connectivity index (χ4v) is 2.02. The van der Waals surface area contributed by atoms with Crippen molar-refractivity contribution in [2.45, 2.75) is 0 Å². The van der Waals surface area contributed by atoms with Crippen LogP contribution in [0.2, 0.25) is 0 Å². The zero-order valence-electron chi connectivity index (χ0n) is 6.66. The Hall–Kier alpha value is -0.620. The minimum Gasteiger partial charge on any atom is -0.477 e. The van der Waals surface area contributed by atoms with Gasteiger partial charge in [0.25, 0.3) is 5.91 Å². The lowest BCUT2D eigenvalue weighted by atomic mass is 10.4. The van der Waals surface area contributed by atoms with Crippen LogP contribution < -0.4 is 5.73 Å². The van der Waals surface area contributed by atoms with Gasteiger partial charge in [-0.25, -0.2) is 4.79 Å². The summed E-state index contributed by atoms with van der Waals surface area (Å²) in [6, 6.07) is 0. The van der Waals surface area contributed by atoms with Crippen molar-refractivity contribution < 1.29 is 14.7 Å². The van der Waals surface area contributed by atoms with E-state index in [2.05, 4.69) is 0 Å². The Morgan fingerprint density at radius 1 is 1.17 bits per heavy atom. The monoisotopic (exact) mass is 207 g/mol. The number of hydrogen-bond donors (Lipinski definition) is 2. The molecule has 0 aromatic carbocycles. The van der Waals surface area contributed by atoms with Gasteiger partial charge in [0.1, 0.15) is 4.91 Å². The molecule has 4 nitrogen and oxygen atoms in total. The highest BCUT2D eigenvalue weighted by molar-refractivity contribution is 8.07. The summed E-state index contributed by atoms with van der Waals surface area (Å²) in [5.74, 6) is -1.82. The summed E-state index contributed by atoms with van der Waals surface area (Å²) in [5, 5.41) is 8.62. The van der Waals surface area contributed by atoms with E-state index < -0.39 is 11.9 Å². The molecule has 0 aromatic rings. The maximum Gasteiger partial charge on any atom is 0.343 e. The summed E-state index contributed by atoms with van der Waals surface area (Å²) in [7, 11) is 0. The van der Waals surface area contributed by atoms with Crippen molar-refractivity contribution >= 4 is 35.4 Å². The lowest BCUT2D eigenvalue weighted by Gasteiger charge is -2.02. The van der Waals surface area contributed by atoms with E-state index in [9.17, 15) is 9.59 Å². The van der Waals surface area contributed by atoms with Crippen LogP contribution in [-0.4, -0.2) is 29.5 Å². The van der Waals surface area contributed by atoms with E-state index in [1.807, 2.05) is 0 Å². The molecule has 0 aliphatic rings. The Labute approximate surface area is 78.6 Å². The topological polar surface area (TPSA) is 80.4 Å². The summed E-state index contributed by atoms with van der Waals surface area (Å²) in [5.41, 5.74) is 4.97. The molecule has 68 valence electrons. The number of carboxylic acid groups (broad SMARTS) is 1. The van der Waals surface area contributed by atoms with Crippen molar-refractivity contribution in [2.24, 2.45) is 5.73 Å². The van der Waals surface area contributed by atoms with Gasteiger partial charge in [0.15, 0.2) is 0 Å². The van der Waals surface area contributed by atoms with Gasteiger partial charge in [-0.15, -0.1) is 23.5 Å². The van der Waals surface area contributed by atoms with E-state index in [-0.39, 0.29) is 9.81 Å². The van der Waals surface area contributed by atoms with Crippen LogP contribution in [0.15, 0.2) is 9.81 Å². The SMILES string of the molecule is CS/C(C(N)=O)=C(\SC)C(=O)O. The van der Waals surface area contributed by atoms with Crippen molar-refractivity contribution in [1.82, 2.24) is 0 Å². The highest BCUT2D eigenvalue weighted by atomic mass is 32.2. The van der Waals surface area contributed by atoms with Gasteiger partial charge in [0.2, 0.25) is 0 Å². The van der Waals surface area contributed by atoms with Crippen molar-refractivity contribution in [3.8, 4) is 0 Å². The average Bonchev–Trinajstić information content (AvgIpc) is 1.98. The summed E-state index contributed by atoms with van der Waals surface area (Å²) in [6.07, 6.45) is 3.20. The van der Waals surface area contributed by atoms with Crippen LogP contribution >= 0.6 is 23.5 Å². The van der Waals surface area contributed by atoms with Crippen molar-refractivity contribution in [3.63, 3.8) is 0 Å². The van der Waals surface area contributed by atoms with Crippen molar-refractivity contribution in [1.29, 1.82) is 0 Å². The van der Waals surface area contributed by atoms with E-state index in [4.69, 9.17) is 10.8 Å². The highest BCUT2D eigenvalue weighted by Crippen LogP contribution is 2.24. The largest absolute Gasteiger partial charge is 0.477 e. The van der Waals surface area contributed by atoms with Crippen LogP contribution in [-0.2, 0) is 9.59 Å². The number of thioether (sulfide) groups is 2. The predicted octanol–water partition coefficient (Wildman–Crippen LogP) is 0.494. The van der Waals surface area contributed by atoms with Crippen LogP contribution in [0.4, 0.5) is 0 Å². The molecule has 0 heterocycles. The molecule has 0 atom stereocenters. The van der Waals surface area contributed by atoms with Crippen LogP contribution in [0, 0.1) is 0 Å². The third kappa shape index (κ3) is 2.78. The van der Waals surface area contributed by atoms with E-state index in [1.54, 1.807) is 12.5 Å². The molecular weight excluding hydrogens is 198 g/mol. The van der Waals surface area contributed by atoms with Crippen LogP contribution in [0.25, 0.3) is 0 Å². The Morgan fingerprint density at radius 2 is 1.58 bits per heavy atom. The molecule has 0 aromatic heterocycles. The lowest BCUT2D eigenvalue weighted by molar-refractivity contribution is -0.132. The van der Waals surface area contributed by atoms with E-state index >= 15 is 0 Å². The predicted molar refractivity (Wildman–Crippen MR) is 50.9 cm³/mol. The zero-order valence-corrected chi connectivity index (χ0v) is 8.29. The molecule has 0 unspecified atom stereocenters. The fraction of sp³-hybridized carbons (Fsp3) is 0.333. The number of carboxylic acids is 1. The molecule has 1 amide bonds. The molecule has 6 heteroatoms. The second-order valence-electron chi connectivity index (χ2n) is 1.74. The lowest BCUT2D eigenvalue weighted by Crippen LogP contribution is -2.15. The van der Waals surface area contributed by atoms with E-state index in [1.165, 1.54) is 0 Å². The standard InChI is InChI=1S/C6H9NO3S2/c1-11-3(5(7)8)4(12-2)6(9)10/h1-2H3,(H2,7,8)(H,9,10)/b4-3-. The molecule has 0 aliphatic heterocycles. The molecule has 0 rings (SSSR count). The first kappa shape index (κ1) is 11.4. The number of rotatable bonds is 4. The number of amides is 1. The molecule has 3 N–H and O–H groups in total. The van der Waals surface area contributed by atoms with Crippen LogP contribution in [0.5, 0.6) is 0 Å². The molecule has 0 saturated heterocycles. The summed E-state index contributed by atoms with van der Waals surface area (Å²) < 4.78 is 0. The number of aliphatic carboxylic acids is 1. The number of carbonyl (C=O) groups is 2. The molecule has 0 fully saturated rings. The van der Waals surface area contributed by atoms with Gasteiger partial charge in [-0.2, -0.15) is 0 Å². The Kier molecular flexibility index (Phi) is 4.84. The van der Waals surface area contributed by atoms with Crippen molar-refractivity contribution in [2.75, 3.05) is 12.5 Å². The van der Waals surface area contributed by atoms with E-state index in [0.29, 0.717) is 0 Å². The second kappa shape index (κ2) is 5.10. The van der Waals surface area contributed by atoms with Crippen LogP contribution in [0.3, 0.4) is 0 Å². The minimum atomic E-state index is -1.12. The third-order valence-electron chi connectivity index (χ3n) is 1.03. The Balaban J connectivity index is 5.01. The molecule has 0 saturated carbocycles.